The molecular formula is C13H18O2. The van der Waals surface area contributed by atoms with E-state index in [4.69, 9.17) is 9.47 Å². The van der Waals surface area contributed by atoms with Crippen LogP contribution in [-0.4, -0.2) is 19.3 Å². The smallest absolute Gasteiger partial charge is 0.0716 e. The first kappa shape index (κ1) is 10.7. The van der Waals surface area contributed by atoms with Crippen molar-refractivity contribution in [1.82, 2.24) is 0 Å². The average molecular weight is 206 g/mol. The van der Waals surface area contributed by atoms with Crippen LogP contribution in [0.25, 0.3) is 0 Å². The van der Waals surface area contributed by atoms with E-state index in [1.807, 2.05) is 18.2 Å². The Morgan fingerprint density at radius 3 is 2.87 bits per heavy atom. The van der Waals surface area contributed by atoms with Gasteiger partial charge < -0.3 is 9.47 Å². The summed E-state index contributed by atoms with van der Waals surface area (Å²) >= 11 is 0. The molecule has 0 aromatic heterocycles. The van der Waals surface area contributed by atoms with Gasteiger partial charge in [0.05, 0.1) is 12.7 Å². The van der Waals surface area contributed by atoms with Crippen molar-refractivity contribution in [3.05, 3.63) is 35.9 Å². The molecule has 0 saturated carbocycles. The number of rotatable bonds is 5. The van der Waals surface area contributed by atoms with Crippen molar-refractivity contribution in [2.24, 2.45) is 0 Å². The van der Waals surface area contributed by atoms with Gasteiger partial charge in [0, 0.05) is 13.2 Å². The zero-order chi connectivity index (χ0) is 10.3. The summed E-state index contributed by atoms with van der Waals surface area (Å²) in [5.41, 5.74) is 1.24. The van der Waals surface area contributed by atoms with E-state index in [-0.39, 0.29) is 0 Å². The van der Waals surface area contributed by atoms with Crippen molar-refractivity contribution < 1.29 is 9.47 Å². The lowest BCUT2D eigenvalue weighted by Gasteiger charge is -2.09. The van der Waals surface area contributed by atoms with Crippen LogP contribution < -0.4 is 0 Å². The quantitative estimate of drug-likeness (QED) is 0.690. The fraction of sp³-hybridized carbons (Fsp3) is 0.538. The molecule has 0 bridgehead atoms. The van der Waals surface area contributed by atoms with Crippen molar-refractivity contribution in [2.75, 3.05) is 13.2 Å². The summed E-state index contributed by atoms with van der Waals surface area (Å²) in [6.45, 7) is 2.45. The highest BCUT2D eigenvalue weighted by Crippen LogP contribution is 2.15. The topological polar surface area (TPSA) is 18.5 Å². The van der Waals surface area contributed by atoms with Crippen molar-refractivity contribution in [1.29, 1.82) is 0 Å². The standard InChI is InChI=1S/C13H18O2/c1-2-5-12(6-3-1)11-14-10-8-13-7-4-9-15-13/h1-3,5-6,13H,4,7-11H2. The summed E-state index contributed by atoms with van der Waals surface area (Å²) < 4.78 is 11.1. The molecular weight excluding hydrogens is 188 g/mol. The monoisotopic (exact) mass is 206 g/mol. The molecule has 82 valence electrons. The summed E-state index contributed by atoms with van der Waals surface area (Å²) in [6.07, 6.45) is 3.89. The van der Waals surface area contributed by atoms with E-state index in [1.165, 1.54) is 18.4 Å². The van der Waals surface area contributed by atoms with Crippen molar-refractivity contribution >= 4 is 0 Å². The van der Waals surface area contributed by atoms with E-state index in [0.29, 0.717) is 12.7 Å². The Kier molecular flexibility index (Phi) is 4.18. The Hall–Kier alpha value is -0.860. The molecule has 0 aliphatic carbocycles. The van der Waals surface area contributed by atoms with Crippen LogP contribution in [0.1, 0.15) is 24.8 Å². The third kappa shape index (κ3) is 3.65. The fourth-order valence-corrected chi connectivity index (χ4v) is 1.85. The molecule has 15 heavy (non-hydrogen) atoms. The Labute approximate surface area is 91.2 Å². The zero-order valence-corrected chi connectivity index (χ0v) is 9.02. The van der Waals surface area contributed by atoms with Crippen LogP contribution in [-0.2, 0) is 16.1 Å². The molecule has 1 heterocycles. The van der Waals surface area contributed by atoms with Crippen molar-refractivity contribution in [3.8, 4) is 0 Å². The van der Waals surface area contributed by atoms with Gasteiger partial charge in [-0.05, 0) is 24.8 Å². The third-order valence-corrected chi connectivity index (χ3v) is 2.72. The summed E-state index contributed by atoms with van der Waals surface area (Å²) in [7, 11) is 0. The van der Waals surface area contributed by atoms with Gasteiger partial charge >= 0.3 is 0 Å². The van der Waals surface area contributed by atoms with Gasteiger partial charge in [-0.15, -0.1) is 0 Å². The molecule has 1 fully saturated rings. The van der Waals surface area contributed by atoms with Gasteiger partial charge in [0.1, 0.15) is 0 Å². The van der Waals surface area contributed by atoms with Crippen LogP contribution in [0.4, 0.5) is 0 Å². The van der Waals surface area contributed by atoms with E-state index in [2.05, 4.69) is 12.1 Å². The van der Waals surface area contributed by atoms with Crippen LogP contribution in [0.5, 0.6) is 0 Å². The Bertz CT molecular complexity index is 265. The third-order valence-electron chi connectivity index (χ3n) is 2.72. The fourth-order valence-electron chi connectivity index (χ4n) is 1.85. The van der Waals surface area contributed by atoms with Gasteiger partial charge in [-0.1, -0.05) is 30.3 Å². The van der Waals surface area contributed by atoms with Crippen LogP contribution in [0.15, 0.2) is 30.3 Å². The molecule has 2 heteroatoms. The molecule has 1 atom stereocenters. The van der Waals surface area contributed by atoms with Crippen molar-refractivity contribution in [2.45, 2.75) is 32.0 Å². The minimum absolute atomic E-state index is 0.445. The molecule has 2 rings (SSSR count). The molecule has 1 aromatic carbocycles. The van der Waals surface area contributed by atoms with Crippen LogP contribution in [0, 0.1) is 0 Å². The summed E-state index contributed by atoms with van der Waals surface area (Å²) in [5.74, 6) is 0. The zero-order valence-electron chi connectivity index (χ0n) is 9.02. The maximum atomic E-state index is 5.60. The predicted molar refractivity (Wildman–Crippen MR) is 59.7 cm³/mol. The molecule has 1 aromatic rings. The van der Waals surface area contributed by atoms with Gasteiger partial charge in [0.15, 0.2) is 0 Å². The van der Waals surface area contributed by atoms with Gasteiger partial charge in [-0.25, -0.2) is 0 Å². The molecule has 1 saturated heterocycles. The number of ether oxygens (including phenoxy) is 2. The highest BCUT2D eigenvalue weighted by molar-refractivity contribution is 5.13. The number of hydrogen-bond donors (Lipinski definition) is 0. The lowest BCUT2D eigenvalue weighted by molar-refractivity contribution is 0.0537. The molecule has 2 nitrogen and oxygen atoms in total. The number of hydrogen-bond acceptors (Lipinski definition) is 2. The first-order valence-electron chi connectivity index (χ1n) is 5.68. The van der Waals surface area contributed by atoms with E-state index in [1.54, 1.807) is 0 Å². The van der Waals surface area contributed by atoms with Gasteiger partial charge in [0.25, 0.3) is 0 Å². The predicted octanol–water partition coefficient (Wildman–Crippen LogP) is 2.77. The molecule has 1 unspecified atom stereocenters. The van der Waals surface area contributed by atoms with Gasteiger partial charge in [-0.2, -0.15) is 0 Å². The first-order chi connectivity index (χ1) is 7.45. The Morgan fingerprint density at radius 1 is 1.27 bits per heavy atom. The largest absolute Gasteiger partial charge is 0.378 e. The maximum absolute atomic E-state index is 5.60. The van der Waals surface area contributed by atoms with Gasteiger partial charge in [0.2, 0.25) is 0 Å². The molecule has 0 spiro atoms. The van der Waals surface area contributed by atoms with E-state index in [0.717, 1.165) is 19.6 Å². The van der Waals surface area contributed by atoms with Crippen molar-refractivity contribution in [3.63, 3.8) is 0 Å². The summed E-state index contributed by atoms with van der Waals surface area (Å²) in [6, 6.07) is 10.3. The Morgan fingerprint density at radius 2 is 2.13 bits per heavy atom. The summed E-state index contributed by atoms with van der Waals surface area (Å²) in [4.78, 5) is 0. The van der Waals surface area contributed by atoms with Gasteiger partial charge in [-0.3, -0.25) is 0 Å². The SMILES string of the molecule is c1ccc(COCCC2CCCO2)cc1. The first-order valence-corrected chi connectivity index (χ1v) is 5.68. The van der Waals surface area contributed by atoms with E-state index in [9.17, 15) is 0 Å². The second-order valence-corrected chi connectivity index (χ2v) is 3.96. The lowest BCUT2D eigenvalue weighted by Crippen LogP contribution is -2.09. The second-order valence-electron chi connectivity index (χ2n) is 3.96. The molecule has 0 amide bonds. The minimum Gasteiger partial charge on any atom is -0.378 e. The summed E-state index contributed by atoms with van der Waals surface area (Å²) in [5, 5.41) is 0. The second kappa shape index (κ2) is 5.89. The van der Waals surface area contributed by atoms with Crippen LogP contribution >= 0.6 is 0 Å². The average Bonchev–Trinajstić information content (AvgIpc) is 2.79. The maximum Gasteiger partial charge on any atom is 0.0716 e. The van der Waals surface area contributed by atoms with E-state index < -0.39 is 0 Å². The van der Waals surface area contributed by atoms with E-state index >= 15 is 0 Å². The Balaban J connectivity index is 1.59. The van der Waals surface area contributed by atoms with Crippen LogP contribution in [0.2, 0.25) is 0 Å². The normalized spacial score (nSPS) is 20.7. The minimum atomic E-state index is 0.445. The number of benzene rings is 1. The highest BCUT2D eigenvalue weighted by Gasteiger charge is 2.14. The van der Waals surface area contributed by atoms with Crippen LogP contribution in [0.3, 0.4) is 0 Å². The molecule has 1 aliphatic heterocycles. The molecule has 0 radical (unpaired) electrons. The lowest BCUT2D eigenvalue weighted by atomic mass is 10.2. The molecule has 1 aliphatic rings. The molecule has 0 N–H and O–H groups in total. The highest BCUT2D eigenvalue weighted by atomic mass is 16.5.